The average Bonchev–Trinajstić information content (AvgIpc) is 2.46. The molecule has 0 unspecified atom stereocenters. The smallest absolute Gasteiger partial charge is 0.255 e. The van der Waals surface area contributed by atoms with Crippen molar-refractivity contribution in [2.75, 3.05) is 13.1 Å². The van der Waals surface area contributed by atoms with Crippen LogP contribution in [0.5, 0.6) is 0 Å². The predicted molar refractivity (Wildman–Crippen MR) is 62.8 cm³/mol. The van der Waals surface area contributed by atoms with Gasteiger partial charge in [-0.25, -0.2) is 0 Å². The molecule has 3 nitrogen and oxygen atoms in total. The number of rotatable bonds is 3. The van der Waals surface area contributed by atoms with Crippen molar-refractivity contribution < 1.29 is 4.79 Å². The molecule has 0 radical (unpaired) electrons. The fraction of sp³-hybridized carbons (Fsp3) is 0.333. The van der Waals surface area contributed by atoms with Crippen LogP contribution in [0.4, 0.5) is 0 Å². The molecule has 1 heterocycles. The topological polar surface area (TPSA) is 32.7 Å². The molecule has 0 N–H and O–H groups in total. The van der Waals surface area contributed by atoms with Crippen LogP contribution in [0.2, 0.25) is 0 Å². The predicted octanol–water partition coefficient (Wildman–Crippen LogP) is 1.94. The van der Waals surface area contributed by atoms with E-state index >= 15 is 0 Å². The molecule has 0 bridgehead atoms. The van der Waals surface area contributed by atoms with E-state index in [1.165, 1.54) is 0 Å². The van der Waals surface area contributed by atoms with E-state index < -0.39 is 0 Å². The largest absolute Gasteiger partial charge is 0.333 e. The Balaban J connectivity index is 2.91. The van der Waals surface area contributed by atoms with Crippen molar-refractivity contribution in [3.05, 3.63) is 36.6 Å². The van der Waals surface area contributed by atoms with Gasteiger partial charge in [-0.15, -0.1) is 0 Å². The third-order valence-electron chi connectivity index (χ3n) is 2.29. The van der Waals surface area contributed by atoms with Crippen LogP contribution in [0.15, 0.2) is 41.6 Å². The van der Waals surface area contributed by atoms with Gasteiger partial charge in [-0.05, 0) is 19.9 Å². The van der Waals surface area contributed by atoms with Gasteiger partial charge < -0.3 is 4.90 Å². The van der Waals surface area contributed by atoms with E-state index in [2.05, 4.69) is 18.2 Å². The molecule has 0 atom stereocenters. The van der Waals surface area contributed by atoms with E-state index in [4.69, 9.17) is 0 Å². The summed E-state index contributed by atoms with van der Waals surface area (Å²) < 4.78 is 0. The molecule has 80 valence electrons. The Hall–Kier alpha value is -1.64. The van der Waals surface area contributed by atoms with Crippen LogP contribution in [0.1, 0.15) is 13.8 Å². The molecule has 0 aromatic heterocycles. The first kappa shape index (κ1) is 11.4. The zero-order chi connectivity index (χ0) is 11.4. The third-order valence-corrected chi connectivity index (χ3v) is 2.29. The molecule has 0 aliphatic carbocycles. The molecule has 0 spiro atoms. The highest BCUT2D eigenvalue weighted by Gasteiger charge is 2.28. The van der Waals surface area contributed by atoms with Gasteiger partial charge in [0.15, 0.2) is 0 Å². The Kier molecular flexibility index (Phi) is 3.61. The Morgan fingerprint density at radius 1 is 1.67 bits per heavy atom. The minimum absolute atomic E-state index is 0.0114. The summed E-state index contributed by atoms with van der Waals surface area (Å²) in [5.41, 5.74) is 2.11. The molecule has 1 aliphatic rings. The van der Waals surface area contributed by atoms with Crippen LogP contribution in [-0.4, -0.2) is 29.6 Å². The number of carbonyl (C=O) groups excluding carboxylic acids is 1. The molecule has 0 saturated carbocycles. The zero-order valence-electron chi connectivity index (χ0n) is 9.29. The molecule has 1 rings (SSSR count). The van der Waals surface area contributed by atoms with E-state index in [-0.39, 0.29) is 5.91 Å². The summed E-state index contributed by atoms with van der Waals surface area (Å²) >= 11 is 0. The highest BCUT2D eigenvalue weighted by Crippen LogP contribution is 2.14. The van der Waals surface area contributed by atoms with E-state index in [0.717, 1.165) is 11.4 Å². The lowest BCUT2D eigenvalue weighted by Gasteiger charge is -2.09. The Morgan fingerprint density at radius 2 is 2.33 bits per heavy atom. The summed E-state index contributed by atoms with van der Waals surface area (Å²) in [5, 5.41) is 0. The summed E-state index contributed by atoms with van der Waals surface area (Å²) in [4.78, 5) is 17.7. The average molecular weight is 204 g/mol. The normalized spacial score (nSPS) is 20.3. The Morgan fingerprint density at radius 3 is 2.80 bits per heavy atom. The van der Waals surface area contributed by atoms with Crippen molar-refractivity contribution in [3.8, 4) is 0 Å². The number of carbonyl (C=O) groups is 1. The highest BCUT2D eigenvalue weighted by atomic mass is 16.2. The van der Waals surface area contributed by atoms with Crippen LogP contribution < -0.4 is 0 Å². The minimum atomic E-state index is -0.0114. The first-order valence-electron chi connectivity index (χ1n) is 4.95. The lowest BCUT2D eigenvalue weighted by atomic mass is 10.2. The first-order valence-corrected chi connectivity index (χ1v) is 4.95. The number of amides is 1. The van der Waals surface area contributed by atoms with Crippen molar-refractivity contribution >= 4 is 11.6 Å². The Bertz CT molecular complexity index is 364. The van der Waals surface area contributed by atoms with Gasteiger partial charge in [-0.2, -0.15) is 0 Å². The van der Waals surface area contributed by atoms with Gasteiger partial charge >= 0.3 is 0 Å². The number of likely N-dealkylation sites (tertiary alicyclic amines) is 1. The molecular weight excluding hydrogens is 188 g/mol. The van der Waals surface area contributed by atoms with Gasteiger partial charge in [0, 0.05) is 12.2 Å². The molecule has 15 heavy (non-hydrogen) atoms. The fourth-order valence-electron chi connectivity index (χ4n) is 1.44. The van der Waals surface area contributed by atoms with Gasteiger partial charge in [0.1, 0.15) is 0 Å². The lowest BCUT2D eigenvalue weighted by molar-refractivity contribution is -0.124. The van der Waals surface area contributed by atoms with Crippen LogP contribution in [0, 0.1) is 0 Å². The second-order valence-electron chi connectivity index (χ2n) is 3.40. The number of hydrogen-bond acceptors (Lipinski definition) is 2. The standard InChI is InChI=1S/C12H16N2O/c1-5-7-9(3)13-11-8-14(6-2)12(15)10(11)4/h5,7H,1,4,6,8H2,2-3H3/b9-7+,13-11-. The van der Waals surface area contributed by atoms with Crippen molar-refractivity contribution in [2.24, 2.45) is 4.99 Å². The third kappa shape index (κ3) is 2.43. The molecule has 0 aromatic rings. The van der Waals surface area contributed by atoms with Crippen LogP contribution in [0.3, 0.4) is 0 Å². The monoisotopic (exact) mass is 204 g/mol. The number of likely N-dealkylation sites (N-methyl/N-ethyl adjacent to an activating group) is 1. The highest BCUT2D eigenvalue weighted by molar-refractivity contribution is 6.26. The van der Waals surface area contributed by atoms with Crippen LogP contribution >= 0.6 is 0 Å². The van der Waals surface area contributed by atoms with Crippen molar-refractivity contribution in [1.82, 2.24) is 4.90 Å². The van der Waals surface area contributed by atoms with E-state index in [9.17, 15) is 4.79 Å². The molecule has 1 saturated heterocycles. The lowest BCUT2D eigenvalue weighted by Crippen LogP contribution is -2.24. The number of nitrogens with zero attached hydrogens (tertiary/aromatic N) is 2. The van der Waals surface area contributed by atoms with Crippen LogP contribution in [-0.2, 0) is 4.79 Å². The maximum Gasteiger partial charge on any atom is 0.255 e. The van der Waals surface area contributed by atoms with Gasteiger partial charge in [0.05, 0.1) is 17.8 Å². The van der Waals surface area contributed by atoms with E-state index in [1.807, 2.05) is 13.8 Å². The van der Waals surface area contributed by atoms with Gasteiger partial charge in [-0.1, -0.05) is 19.2 Å². The van der Waals surface area contributed by atoms with E-state index in [0.29, 0.717) is 18.7 Å². The maximum atomic E-state index is 11.6. The fourth-order valence-corrected chi connectivity index (χ4v) is 1.44. The molecule has 0 aromatic carbocycles. The van der Waals surface area contributed by atoms with Crippen molar-refractivity contribution in [1.29, 1.82) is 0 Å². The minimum Gasteiger partial charge on any atom is -0.333 e. The second kappa shape index (κ2) is 4.73. The summed E-state index contributed by atoms with van der Waals surface area (Å²) in [6.07, 6.45) is 3.48. The maximum absolute atomic E-state index is 11.6. The number of allylic oxidation sites excluding steroid dienone is 3. The SMILES string of the molecule is C=C/C=C(C)/N=C1/CN(CC)C(=O)C1=C. The molecule has 3 heteroatoms. The number of aliphatic imine (C=N–C) groups is 1. The summed E-state index contributed by atoms with van der Waals surface area (Å²) in [6.45, 7) is 12.4. The molecule has 1 fully saturated rings. The summed E-state index contributed by atoms with van der Waals surface area (Å²) in [7, 11) is 0. The first-order chi connectivity index (χ1) is 7.10. The quantitative estimate of drug-likeness (QED) is 0.510. The van der Waals surface area contributed by atoms with Gasteiger partial charge in [0.25, 0.3) is 5.91 Å². The molecule has 1 amide bonds. The second-order valence-corrected chi connectivity index (χ2v) is 3.40. The zero-order valence-corrected chi connectivity index (χ0v) is 9.29. The van der Waals surface area contributed by atoms with Gasteiger partial charge in [-0.3, -0.25) is 9.79 Å². The van der Waals surface area contributed by atoms with Gasteiger partial charge in [0.2, 0.25) is 0 Å². The molecular formula is C12H16N2O. The number of hydrogen-bond donors (Lipinski definition) is 0. The van der Waals surface area contributed by atoms with E-state index in [1.54, 1.807) is 17.1 Å². The van der Waals surface area contributed by atoms with Crippen molar-refractivity contribution in [2.45, 2.75) is 13.8 Å². The summed E-state index contributed by atoms with van der Waals surface area (Å²) in [5.74, 6) is -0.0114. The summed E-state index contributed by atoms with van der Waals surface area (Å²) in [6, 6.07) is 0. The van der Waals surface area contributed by atoms with Crippen LogP contribution in [0.25, 0.3) is 0 Å². The molecule has 1 aliphatic heterocycles. The van der Waals surface area contributed by atoms with Crippen molar-refractivity contribution in [3.63, 3.8) is 0 Å². The Labute approximate surface area is 90.5 Å².